The van der Waals surface area contributed by atoms with Crippen LogP contribution in [0.5, 0.6) is 0 Å². The van der Waals surface area contributed by atoms with Crippen molar-refractivity contribution in [1.29, 1.82) is 0 Å². The molecule has 0 aromatic heterocycles. The quantitative estimate of drug-likeness (QED) is 0.798. The molecule has 0 saturated carbocycles. The summed E-state index contributed by atoms with van der Waals surface area (Å²) in [5.41, 5.74) is 3.36. The van der Waals surface area contributed by atoms with Crippen LogP contribution in [-0.4, -0.2) is 36.9 Å². The summed E-state index contributed by atoms with van der Waals surface area (Å²) in [7, 11) is 1.39. The highest BCUT2D eigenvalue weighted by Gasteiger charge is 2.38. The zero-order valence-electron chi connectivity index (χ0n) is 12.2. The summed E-state index contributed by atoms with van der Waals surface area (Å²) >= 11 is 6.13. The van der Waals surface area contributed by atoms with E-state index in [1.54, 1.807) is 0 Å². The summed E-state index contributed by atoms with van der Waals surface area (Å²) < 4.78 is 36.4. The van der Waals surface area contributed by atoms with E-state index in [1.165, 1.54) is 18.2 Å². The molecular weight excluding hydrogens is 339 g/mol. The SMILES string of the molecule is COC(=O)Cc1cc2c(cc1Cl)CNCC2.O=C(O)C(F)(F)F. The van der Waals surface area contributed by atoms with Crippen LogP contribution < -0.4 is 5.32 Å². The second-order valence-electron chi connectivity index (χ2n) is 4.69. The predicted molar refractivity (Wildman–Crippen MR) is 76.3 cm³/mol. The Morgan fingerprint density at radius 2 is 1.96 bits per heavy atom. The highest BCUT2D eigenvalue weighted by Crippen LogP contribution is 2.24. The van der Waals surface area contributed by atoms with Crippen LogP contribution in [-0.2, 0) is 33.7 Å². The van der Waals surface area contributed by atoms with Gasteiger partial charge in [0, 0.05) is 11.6 Å². The zero-order valence-corrected chi connectivity index (χ0v) is 12.9. The fourth-order valence-electron chi connectivity index (χ4n) is 1.92. The van der Waals surface area contributed by atoms with Gasteiger partial charge in [0.2, 0.25) is 0 Å². The molecule has 0 fully saturated rings. The van der Waals surface area contributed by atoms with Gasteiger partial charge in [-0.2, -0.15) is 13.2 Å². The zero-order chi connectivity index (χ0) is 17.6. The Balaban J connectivity index is 0.000000322. The molecule has 0 aliphatic carbocycles. The second kappa shape index (κ2) is 8.16. The van der Waals surface area contributed by atoms with Gasteiger partial charge in [-0.1, -0.05) is 17.7 Å². The van der Waals surface area contributed by atoms with E-state index in [1.807, 2.05) is 12.1 Å². The van der Waals surface area contributed by atoms with Crippen molar-refractivity contribution >= 4 is 23.5 Å². The summed E-state index contributed by atoms with van der Waals surface area (Å²) in [6.07, 6.45) is -3.85. The maximum Gasteiger partial charge on any atom is 0.490 e. The first kappa shape index (κ1) is 19.2. The van der Waals surface area contributed by atoms with Crippen LogP contribution in [0.25, 0.3) is 0 Å². The van der Waals surface area contributed by atoms with Gasteiger partial charge in [0.1, 0.15) is 0 Å². The molecule has 0 radical (unpaired) electrons. The molecule has 128 valence electrons. The largest absolute Gasteiger partial charge is 0.490 e. The van der Waals surface area contributed by atoms with Gasteiger partial charge in [-0.05, 0) is 35.7 Å². The number of carboxylic acids is 1. The molecule has 2 N–H and O–H groups in total. The van der Waals surface area contributed by atoms with Crippen molar-refractivity contribution in [1.82, 2.24) is 5.32 Å². The third-order valence-electron chi connectivity index (χ3n) is 3.06. The number of esters is 1. The Labute approximate surface area is 135 Å². The van der Waals surface area contributed by atoms with Gasteiger partial charge in [-0.15, -0.1) is 0 Å². The molecule has 0 atom stereocenters. The minimum Gasteiger partial charge on any atom is -0.475 e. The summed E-state index contributed by atoms with van der Waals surface area (Å²) in [6.45, 7) is 1.83. The number of methoxy groups -OCH3 is 1. The van der Waals surface area contributed by atoms with Crippen LogP contribution >= 0.6 is 11.6 Å². The Bertz CT molecular complexity index is 590. The van der Waals surface area contributed by atoms with E-state index < -0.39 is 12.1 Å². The second-order valence-corrected chi connectivity index (χ2v) is 5.10. The molecule has 1 aromatic rings. The highest BCUT2D eigenvalue weighted by molar-refractivity contribution is 6.31. The Kier molecular flexibility index (Phi) is 6.83. The molecule has 1 heterocycles. The first-order valence-electron chi connectivity index (χ1n) is 6.53. The highest BCUT2D eigenvalue weighted by atomic mass is 35.5. The lowest BCUT2D eigenvalue weighted by Gasteiger charge is -2.18. The van der Waals surface area contributed by atoms with E-state index in [9.17, 15) is 18.0 Å². The number of fused-ring (bicyclic) bond motifs is 1. The molecule has 1 aliphatic heterocycles. The molecule has 1 aromatic carbocycles. The lowest BCUT2D eigenvalue weighted by molar-refractivity contribution is -0.192. The number of carboxylic acid groups (broad SMARTS) is 1. The Hall–Kier alpha value is -1.80. The minimum atomic E-state index is -5.08. The molecule has 2 rings (SSSR count). The number of aliphatic carboxylic acids is 1. The Morgan fingerprint density at radius 3 is 2.48 bits per heavy atom. The van der Waals surface area contributed by atoms with Gasteiger partial charge in [0.25, 0.3) is 0 Å². The number of benzene rings is 1. The normalized spacial score (nSPS) is 13.4. The molecule has 0 unspecified atom stereocenters. The number of carbonyl (C=O) groups is 2. The number of nitrogens with one attached hydrogen (secondary N) is 1. The van der Waals surface area contributed by atoms with Crippen LogP contribution in [0.2, 0.25) is 5.02 Å². The van der Waals surface area contributed by atoms with E-state index in [-0.39, 0.29) is 12.4 Å². The number of rotatable bonds is 2. The molecule has 5 nitrogen and oxygen atoms in total. The number of alkyl halides is 3. The van der Waals surface area contributed by atoms with Crippen molar-refractivity contribution in [3.05, 3.63) is 33.8 Å². The Morgan fingerprint density at radius 1 is 1.35 bits per heavy atom. The molecule has 0 saturated heterocycles. The third-order valence-corrected chi connectivity index (χ3v) is 3.41. The average molecular weight is 354 g/mol. The van der Waals surface area contributed by atoms with Crippen LogP contribution in [0.15, 0.2) is 12.1 Å². The fraction of sp³-hybridized carbons (Fsp3) is 0.429. The number of hydrogen-bond acceptors (Lipinski definition) is 4. The van der Waals surface area contributed by atoms with E-state index >= 15 is 0 Å². The summed E-state index contributed by atoms with van der Waals surface area (Å²) in [5, 5.41) is 11.1. The molecule has 0 amide bonds. The smallest absolute Gasteiger partial charge is 0.475 e. The van der Waals surface area contributed by atoms with Gasteiger partial charge in [0.15, 0.2) is 0 Å². The van der Waals surface area contributed by atoms with E-state index in [4.69, 9.17) is 21.5 Å². The van der Waals surface area contributed by atoms with E-state index in [0.29, 0.717) is 5.02 Å². The van der Waals surface area contributed by atoms with Crippen molar-refractivity contribution in [2.24, 2.45) is 0 Å². The van der Waals surface area contributed by atoms with Gasteiger partial charge in [0.05, 0.1) is 13.5 Å². The van der Waals surface area contributed by atoms with Crippen molar-refractivity contribution in [3.63, 3.8) is 0 Å². The predicted octanol–water partition coefficient (Wildman–Crippen LogP) is 2.33. The van der Waals surface area contributed by atoms with Gasteiger partial charge in [-0.25, -0.2) is 4.79 Å². The summed E-state index contributed by atoms with van der Waals surface area (Å²) in [5.74, 6) is -3.01. The lowest BCUT2D eigenvalue weighted by atomic mass is 9.97. The van der Waals surface area contributed by atoms with Crippen LogP contribution in [0.4, 0.5) is 13.2 Å². The molecule has 0 bridgehead atoms. The monoisotopic (exact) mass is 353 g/mol. The maximum atomic E-state index is 11.2. The van der Waals surface area contributed by atoms with Crippen LogP contribution in [0.1, 0.15) is 16.7 Å². The number of carbonyl (C=O) groups excluding carboxylic acids is 1. The molecule has 9 heteroatoms. The number of hydrogen-bond donors (Lipinski definition) is 2. The third kappa shape index (κ3) is 6.07. The van der Waals surface area contributed by atoms with Gasteiger partial charge < -0.3 is 15.2 Å². The van der Waals surface area contributed by atoms with Gasteiger partial charge in [-0.3, -0.25) is 4.79 Å². The topological polar surface area (TPSA) is 75.6 Å². The standard InChI is InChI=1S/C12H14ClNO2.C2HF3O2/c1-16-12(15)6-9-4-8-2-3-14-7-10(8)5-11(9)13;3-2(4,5)1(6)7/h4-5,14H,2-3,6-7H2,1H3;(H,6,7). The van der Waals surface area contributed by atoms with Gasteiger partial charge >= 0.3 is 18.1 Å². The van der Waals surface area contributed by atoms with E-state index in [2.05, 4.69) is 10.1 Å². The summed E-state index contributed by atoms with van der Waals surface area (Å²) in [4.78, 5) is 20.1. The number of ether oxygens (including phenoxy) is 1. The fourth-order valence-corrected chi connectivity index (χ4v) is 2.17. The van der Waals surface area contributed by atoms with Crippen molar-refractivity contribution in [2.45, 2.75) is 25.6 Å². The van der Waals surface area contributed by atoms with Crippen LogP contribution in [0.3, 0.4) is 0 Å². The van der Waals surface area contributed by atoms with Crippen molar-refractivity contribution < 1.29 is 32.6 Å². The molecule has 0 spiro atoms. The molecular formula is C14H15ClF3NO4. The molecule has 23 heavy (non-hydrogen) atoms. The first-order valence-corrected chi connectivity index (χ1v) is 6.90. The molecule has 1 aliphatic rings. The maximum absolute atomic E-state index is 11.2. The average Bonchev–Trinajstić information content (AvgIpc) is 2.47. The van der Waals surface area contributed by atoms with Crippen molar-refractivity contribution in [3.8, 4) is 0 Å². The first-order chi connectivity index (χ1) is 10.6. The summed E-state index contributed by atoms with van der Waals surface area (Å²) in [6, 6.07) is 3.97. The van der Waals surface area contributed by atoms with E-state index in [0.717, 1.165) is 25.1 Å². The van der Waals surface area contributed by atoms with Crippen molar-refractivity contribution in [2.75, 3.05) is 13.7 Å². The number of halogens is 4. The lowest BCUT2D eigenvalue weighted by Crippen LogP contribution is -2.23. The minimum absolute atomic E-state index is 0.246. The van der Waals surface area contributed by atoms with Crippen LogP contribution in [0, 0.1) is 0 Å².